The predicted octanol–water partition coefficient (Wildman–Crippen LogP) is 6.90. The molecule has 0 fully saturated rings. The van der Waals surface area contributed by atoms with E-state index >= 15 is 0 Å². The number of benzene rings is 3. The predicted molar refractivity (Wildman–Crippen MR) is 114 cm³/mol. The van der Waals surface area contributed by atoms with Crippen LogP contribution < -0.4 is 0 Å². The van der Waals surface area contributed by atoms with Crippen LogP contribution in [0.1, 0.15) is 34.7 Å². The van der Waals surface area contributed by atoms with E-state index in [1.807, 2.05) is 31.2 Å². The summed E-state index contributed by atoms with van der Waals surface area (Å²) in [6.45, 7) is 1.85. The second-order valence-corrected chi connectivity index (χ2v) is 7.71. The van der Waals surface area contributed by atoms with Gasteiger partial charge >= 0.3 is 6.18 Å². The molecule has 0 saturated heterocycles. The van der Waals surface area contributed by atoms with Crippen LogP contribution in [-0.2, 0) is 32.1 Å². The van der Waals surface area contributed by atoms with Crippen LogP contribution in [-0.4, -0.2) is 11.9 Å². The number of hydrogen-bond donors (Lipinski definition) is 1. The lowest BCUT2D eigenvalue weighted by Crippen LogP contribution is -2.13. The maximum Gasteiger partial charge on any atom is 0.393 e. The van der Waals surface area contributed by atoms with Gasteiger partial charge in [-0.3, -0.25) is 0 Å². The highest BCUT2D eigenvalue weighted by atomic mass is 32.1. The lowest BCUT2D eigenvalue weighted by Gasteiger charge is -2.15. The number of rotatable bonds is 7. The number of hydrogen-bond acceptors (Lipinski definition) is 1. The first-order chi connectivity index (χ1) is 13.8. The third-order valence-corrected chi connectivity index (χ3v) is 5.49. The Bertz CT molecular complexity index is 992. The smallest absolute Gasteiger partial charge is 0.207 e. The lowest BCUT2D eigenvalue weighted by molar-refractivity contribution is -0.127. The zero-order valence-corrected chi connectivity index (χ0v) is 17.2. The Morgan fingerprint density at radius 3 is 2.34 bits per heavy atom. The summed E-state index contributed by atoms with van der Waals surface area (Å²) in [6, 6.07) is 14.4. The van der Waals surface area contributed by atoms with Crippen molar-refractivity contribution in [2.45, 2.75) is 45.2 Å². The highest BCUT2D eigenvalue weighted by Gasteiger charge is 2.28. The summed E-state index contributed by atoms with van der Waals surface area (Å²) < 4.78 is 53.5. The van der Waals surface area contributed by atoms with Gasteiger partial charge in [-0.25, -0.2) is 4.39 Å². The zero-order chi connectivity index (χ0) is 21.0. The fourth-order valence-corrected chi connectivity index (χ4v) is 4.15. The molecule has 0 nitrogen and oxygen atoms in total. The Morgan fingerprint density at radius 2 is 1.66 bits per heavy atom. The molecule has 0 bridgehead atoms. The first-order valence-electron chi connectivity index (χ1n) is 9.79. The first kappa shape index (κ1) is 21.7. The molecule has 0 aliphatic rings. The molecule has 0 spiro atoms. The Hall–Kier alpha value is -2.01. The standard InChI is InChI=1S/C24H24F4S/c1-2-17-8-6-16(14-20(17)15-24(26,27)28)7-10-21-22(25)11-9-18-4-3-5-19(12-13-29)23(18)21/h3-6,8-9,11,14,29H,2,7,10,12-13,15H2,1H3. The highest BCUT2D eigenvalue weighted by molar-refractivity contribution is 7.80. The van der Waals surface area contributed by atoms with Crippen molar-refractivity contribution in [2.75, 3.05) is 5.75 Å². The van der Waals surface area contributed by atoms with E-state index in [0.29, 0.717) is 41.7 Å². The van der Waals surface area contributed by atoms with Crippen LogP contribution in [0.2, 0.25) is 0 Å². The van der Waals surface area contributed by atoms with Crippen LogP contribution in [0.5, 0.6) is 0 Å². The van der Waals surface area contributed by atoms with Gasteiger partial charge in [-0.15, -0.1) is 0 Å². The molecule has 0 aromatic heterocycles. The van der Waals surface area contributed by atoms with E-state index in [2.05, 4.69) is 12.6 Å². The van der Waals surface area contributed by atoms with Gasteiger partial charge < -0.3 is 0 Å². The van der Waals surface area contributed by atoms with Crippen LogP contribution >= 0.6 is 12.6 Å². The van der Waals surface area contributed by atoms with Gasteiger partial charge in [0.25, 0.3) is 0 Å². The van der Waals surface area contributed by atoms with Crippen molar-refractivity contribution in [3.05, 3.63) is 82.2 Å². The van der Waals surface area contributed by atoms with Crippen molar-refractivity contribution in [2.24, 2.45) is 0 Å². The Balaban J connectivity index is 1.93. The van der Waals surface area contributed by atoms with Crippen molar-refractivity contribution in [3.8, 4) is 0 Å². The molecule has 3 rings (SSSR count). The summed E-state index contributed by atoms with van der Waals surface area (Å²) in [4.78, 5) is 0. The summed E-state index contributed by atoms with van der Waals surface area (Å²) in [5, 5.41) is 1.88. The van der Waals surface area contributed by atoms with Crippen molar-refractivity contribution < 1.29 is 17.6 Å². The zero-order valence-electron chi connectivity index (χ0n) is 16.3. The summed E-state index contributed by atoms with van der Waals surface area (Å²) in [7, 11) is 0. The van der Waals surface area contributed by atoms with Crippen LogP contribution in [0.25, 0.3) is 10.8 Å². The monoisotopic (exact) mass is 420 g/mol. The average molecular weight is 421 g/mol. The second-order valence-electron chi connectivity index (χ2n) is 7.26. The Morgan fingerprint density at radius 1 is 0.862 bits per heavy atom. The molecule has 0 aliphatic heterocycles. The van der Waals surface area contributed by atoms with E-state index in [1.54, 1.807) is 18.2 Å². The Kier molecular flexibility index (Phi) is 6.89. The topological polar surface area (TPSA) is 0 Å². The third-order valence-electron chi connectivity index (χ3n) is 5.27. The van der Waals surface area contributed by atoms with Crippen molar-refractivity contribution in [1.29, 1.82) is 0 Å². The minimum Gasteiger partial charge on any atom is -0.207 e. The molecule has 3 aromatic carbocycles. The summed E-state index contributed by atoms with van der Waals surface area (Å²) in [5.74, 6) is 0.388. The van der Waals surface area contributed by atoms with E-state index in [0.717, 1.165) is 28.3 Å². The van der Waals surface area contributed by atoms with Crippen LogP contribution in [0.3, 0.4) is 0 Å². The number of fused-ring (bicyclic) bond motifs is 1. The molecule has 0 heterocycles. The van der Waals surface area contributed by atoms with Crippen LogP contribution in [0.15, 0.2) is 48.5 Å². The van der Waals surface area contributed by atoms with E-state index < -0.39 is 12.6 Å². The second kappa shape index (κ2) is 9.21. The van der Waals surface area contributed by atoms with Crippen molar-refractivity contribution in [3.63, 3.8) is 0 Å². The molecule has 3 aromatic rings. The molecule has 29 heavy (non-hydrogen) atoms. The van der Waals surface area contributed by atoms with E-state index in [4.69, 9.17) is 0 Å². The van der Waals surface area contributed by atoms with Gasteiger partial charge in [-0.1, -0.05) is 49.4 Å². The van der Waals surface area contributed by atoms with Gasteiger partial charge in [-0.05, 0) is 76.1 Å². The first-order valence-corrected chi connectivity index (χ1v) is 10.4. The summed E-state index contributed by atoms with van der Waals surface area (Å²) in [6.07, 6.45) is -2.97. The van der Waals surface area contributed by atoms with Crippen LogP contribution in [0.4, 0.5) is 17.6 Å². The molecule has 154 valence electrons. The van der Waals surface area contributed by atoms with Crippen LogP contribution in [0, 0.1) is 5.82 Å². The molecule has 0 N–H and O–H groups in total. The summed E-state index contributed by atoms with van der Waals surface area (Å²) >= 11 is 4.31. The lowest BCUT2D eigenvalue weighted by atomic mass is 9.92. The number of thiol groups is 1. The number of halogens is 4. The molecule has 0 aliphatic carbocycles. The fourth-order valence-electron chi connectivity index (χ4n) is 3.91. The van der Waals surface area contributed by atoms with Gasteiger partial charge in [0.05, 0.1) is 6.42 Å². The van der Waals surface area contributed by atoms with E-state index in [1.165, 1.54) is 6.07 Å². The molecule has 0 radical (unpaired) electrons. The molecular weight excluding hydrogens is 396 g/mol. The SMILES string of the molecule is CCc1ccc(CCc2c(F)ccc3cccc(CCS)c23)cc1CC(F)(F)F. The van der Waals surface area contributed by atoms with E-state index in [9.17, 15) is 17.6 Å². The Labute approximate surface area is 174 Å². The molecule has 0 amide bonds. The van der Waals surface area contributed by atoms with Crippen molar-refractivity contribution >= 4 is 23.4 Å². The molecule has 0 atom stereocenters. The quantitative estimate of drug-likeness (QED) is 0.312. The van der Waals surface area contributed by atoms with E-state index in [-0.39, 0.29) is 5.82 Å². The molecular formula is C24H24F4S. The van der Waals surface area contributed by atoms with Gasteiger partial charge in [-0.2, -0.15) is 25.8 Å². The normalized spacial score (nSPS) is 11.9. The molecule has 0 unspecified atom stereocenters. The number of alkyl halides is 3. The summed E-state index contributed by atoms with van der Waals surface area (Å²) in [5.41, 5.74) is 3.48. The average Bonchev–Trinajstić information content (AvgIpc) is 2.67. The largest absolute Gasteiger partial charge is 0.393 e. The minimum atomic E-state index is -4.24. The van der Waals surface area contributed by atoms with Gasteiger partial charge in [0, 0.05) is 0 Å². The van der Waals surface area contributed by atoms with Crippen molar-refractivity contribution in [1.82, 2.24) is 0 Å². The maximum absolute atomic E-state index is 14.7. The highest BCUT2D eigenvalue weighted by Crippen LogP contribution is 2.29. The fraction of sp³-hybridized carbons (Fsp3) is 0.333. The number of aryl methyl sites for hydroxylation is 4. The molecule has 0 saturated carbocycles. The minimum absolute atomic E-state index is 0.273. The third kappa shape index (κ3) is 5.33. The van der Waals surface area contributed by atoms with Gasteiger partial charge in [0.2, 0.25) is 0 Å². The maximum atomic E-state index is 14.7. The van der Waals surface area contributed by atoms with Gasteiger partial charge in [0.15, 0.2) is 0 Å². The molecule has 5 heteroatoms. The van der Waals surface area contributed by atoms with Gasteiger partial charge in [0.1, 0.15) is 5.82 Å².